The smallest absolute Gasteiger partial charge is 0.227 e. The molecule has 0 N–H and O–H groups in total. The molecule has 1 heterocycles. The van der Waals surface area contributed by atoms with Crippen LogP contribution in [0.2, 0.25) is 0 Å². The lowest BCUT2D eigenvalue weighted by atomic mass is 10.0. The van der Waals surface area contributed by atoms with Gasteiger partial charge in [-0.3, -0.25) is 9.69 Å². The molecular formula is C23H28F2N2O. The molecule has 2 aromatic rings. The van der Waals surface area contributed by atoms with Gasteiger partial charge in [0.1, 0.15) is 11.6 Å². The van der Waals surface area contributed by atoms with E-state index in [1.165, 1.54) is 17.7 Å². The summed E-state index contributed by atoms with van der Waals surface area (Å²) in [5.41, 5.74) is 2.63. The summed E-state index contributed by atoms with van der Waals surface area (Å²) >= 11 is 0. The average Bonchev–Trinajstić information content (AvgIpc) is 2.67. The SMILES string of the molecule is CCCC(=O)N(c1ccc(C)cc1)C1CCN(Cc2ccc(F)cc2F)CC1. The second-order valence-corrected chi connectivity index (χ2v) is 7.59. The number of nitrogens with zero attached hydrogens (tertiary/aromatic N) is 2. The van der Waals surface area contributed by atoms with Crippen molar-refractivity contribution in [3.8, 4) is 0 Å². The molecule has 1 aliphatic heterocycles. The zero-order chi connectivity index (χ0) is 20.1. The Bertz CT molecular complexity index is 799. The molecule has 1 aliphatic rings. The Hall–Kier alpha value is -2.27. The number of piperidine rings is 1. The van der Waals surface area contributed by atoms with E-state index in [0.717, 1.165) is 44.1 Å². The van der Waals surface area contributed by atoms with Crippen LogP contribution in [0.15, 0.2) is 42.5 Å². The first kappa shape index (κ1) is 20.5. The molecule has 1 fully saturated rings. The Morgan fingerprint density at radius 2 is 1.79 bits per heavy atom. The summed E-state index contributed by atoms with van der Waals surface area (Å²) in [5.74, 6) is -0.890. The van der Waals surface area contributed by atoms with Gasteiger partial charge in [-0.1, -0.05) is 30.7 Å². The van der Waals surface area contributed by atoms with Crippen molar-refractivity contribution in [1.82, 2.24) is 4.90 Å². The molecule has 1 amide bonds. The molecule has 0 radical (unpaired) electrons. The van der Waals surface area contributed by atoms with Crippen molar-refractivity contribution in [2.75, 3.05) is 18.0 Å². The fourth-order valence-electron chi connectivity index (χ4n) is 3.82. The normalized spacial score (nSPS) is 15.6. The molecule has 1 saturated heterocycles. The predicted molar refractivity (Wildman–Crippen MR) is 108 cm³/mol. The number of likely N-dealkylation sites (tertiary alicyclic amines) is 1. The Kier molecular flexibility index (Phi) is 6.79. The van der Waals surface area contributed by atoms with Crippen LogP contribution in [0.3, 0.4) is 0 Å². The summed E-state index contributed by atoms with van der Waals surface area (Å²) in [6, 6.07) is 12.0. The number of rotatable bonds is 6. The minimum Gasteiger partial charge on any atom is -0.309 e. The van der Waals surface area contributed by atoms with E-state index < -0.39 is 11.6 Å². The number of carbonyl (C=O) groups excluding carboxylic acids is 1. The van der Waals surface area contributed by atoms with Gasteiger partial charge in [0.15, 0.2) is 0 Å². The van der Waals surface area contributed by atoms with E-state index in [-0.39, 0.29) is 11.9 Å². The summed E-state index contributed by atoms with van der Waals surface area (Å²) < 4.78 is 27.0. The van der Waals surface area contributed by atoms with Gasteiger partial charge in [-0.2, -0.15) is 0 Å². The Morgan fingerprint density at radius 1 is 1.11 bits per heavy atom. The molecule has 2 aromatic carbocycles. The molecule has 0 atom stereocenters. The highest BCUT2D eigenvalue weighted by Crippen LogP contribution is 2.26. The zero-order valence-corrected chi connectivity index (χ0v) is 16.6. The first-order valence-corrected chi connectivity index (χ1v) is 10.0. The average molecular weight is 386 g/mol. The highest BCUT2D eigenvalue weighted by atomic mass is 19.1. The van der Waals surface area contributed by atoms with Crippen LogP contribution in [-0.4, -0.2) is 29.9 Å². The van der Waals surface area contributed by atoms with Gasteiger partial charge >= 0.3 is 0 Å². The number of carbonyl (C=O) groups is 1. The van der Waals surface area contributed by atoms with Crippen molar-refractivity contribution in [3.05, 3.63) is 65.2 Å². The van der Waals surface area contributed by atoms with Crippen LogP contribution in [0.5, 0.6) is 0 Å². The molecule has 28 heavy (non-hydrogen) atoms. The van der Waals surface area contributed by atoms with Gasteiger partial charge in [0.05, 0.1) is 0 Å². The zero-order valence-electron chi connectivity index (χ0n) is 16.6. The van der Waals surface area contributed by atoms with Gasteiger partial charge in [-0.05, 0) is 44.4 Å². The predicted octanol–water partition coefficient (Wildman–Crippen LogP) is 5.07. The number of hydrogen-bond acceptors (Lipinski definition) is 2. The van der Waals surface area contributed by atoms with E-state index in [9.17, 15) is 13.6 Å². The molecule has 0 aromatic heterocycles. The number of amides is 1. The molecule has 0 bridgehead atoms. The van der Waals surface area contributed by atoms with Crippen LogP contribution >= 0.6 is 0 Å². The summed E-state index contributed by atoms with van der Waals surface area (Å²) in [6.07, 6.45) is 3.04. The molecule has 0 spiro atoms. The number of halogens is 2. The second-order valence-electron chi connectivity index (χ2n) is 7.59. The molecule has 0 unspecified atom stereocenters. The van der Waals surface area contributed by atoms with E-state index >= 15 is 0 Å². The van der Waals surface area contributed by atoms with Crippen molar-refractivity contribution >= 4 is 11.6 Å². The number of anilines is 1. The van der Waals surface area contributed by atoms with Crippen LogP contribution in [-0.2, 0) is 11.3 Å². The highest BCUT2D eigenvalue weighted by Gasteiger charge is 2.29. The van der Waals surface area contributed by atoms with E-state index in [1.54, 1.807) is 0 Å². The first-order valence-electron chi connectivity index (χ1n) is 10.0. The summed E-state index contributed by atoms with van der Waals surface area (Å²) in [7, 11) is 0. The van der Waals surface area contributed by atoms with E-state index in [2.05, 4.69) is 4.90 Å². The maximum atomic E-state index is 13.9. The lowest BCUT2D eigenvalue weighted by molar-refractivity contribution is -0.119. The third-order valence-electron chi connectivity index (χ3n) is 5.38. The fourth-order valence-corrected chi connectivity index (χ4v) is 3.82. The van der Waals surface area contributed by atoms with Gasteiger partial charge in [-0.15, -0.1) is 0 Å². The van der Waals surface area contributed by atoms with Crippen molar-refractivity contribution < 1.29 is 13.6 Å². The number of aryl methyl sites for hydroxylation is 1. The maximum absolute atomic E-state index is 13.9. The lowest BCUT2D eigenvalue weighted by Gasteiger charge is -2.38. The highest BCUT2D eigenvalue weighted by molar-refractivity contribution is 5.94. The monoisotopic (exact) mass is 386 g/mol. The molecule has 0 saturated carbocycles. The van der Waals surface area contributed by atoms with Crippen molar-refractivity contribution in [3.63, 3.8) is 0 Å². The van der Waals surface area contributed by atoms with Crippen molar-refractivity contribution in [1.29, 1.82) is 0 Å². The van der Waals surface area contributed by atoms with Crippen LogP contribution in [0, 0.1) is 18.6 Å². The van der Waals surface area contributed by atoms with E-state index in [4.69, 9.17) is 0 Å². The Balaban J connectivity index is 1.67. The molecule has 3 rings (SSSR count). The van der Waals surface area contributed by atoms with Gasteiger partial charge in [0.25, 0.3) is 0 Å². The third kappa shape index (κ3) is 4.96. The second kappa shape index (κ2) is 9.28. The van der Waals surface area contributed by atoms with Crippen LogP contribution in [0.4, 0.5) is 14.5 Å². The summed E-state index contributed by atoms with van der Waals surface area (Å²) in [5, 5.41) is 0. The summed E-state index contributed by atoms with van der Waals surface area (Å²) in [6.45, 7) is 6.08. The molecule has 3 nitrogen and oxygen atoms in total. The molecule has 5 heteroatoms. The van der Waals surface area contributed by atoms with E-state index in [0.29, 0.717) is 18.5 Å². The van der Waals surface area contributed by atoms with Crippen LogP contribution in [0.1, 0.15) is 43.7 Å². The van der Waals surface area contributed by atoms with E-state index in [1.807, 2.05) is 43.0 Å². The molecule has 150 valence electrons. The van der Waals surface area contributed by atoms with Gasteiger partial charge in [0, 0.05) is 49.4 Å². The van der Waals surface area contributed by atoms with Crippen molar-refractivity contribution in [2.45, 2.75) is 52.1 Å². The van der Waals surface area contributed by atoms with Crippen LogP contribution in [0.25, 0.3) is 0 Å². The number of benzene rings is 2. The van der Waals surface area contributed by atoms with Crippen LogP contribution < -0.4 is 4.90 Å². The minimum absolute atomic E-state index is 0.149. The summed E-state index contributed by atoms with van der Waals surface area (Å²) in [4.78, 5) is 16.9. The number of hydrogen-bond donors (Lipinski definition) is 0. The largest absolute Gasteiger partial charge is 0.309 e. The fraction of sp³-hybridized carbons (Fsp3) is 0.435. The molecular weight excluding hydrogens is 358 g/mol. The van der Waals surface area contributed by atoms with Gasteiger partial charge < -0.3 is 4.90 Å². The maximum Gasteiger partial charge on any atom is 0.227 e. The molecule has 0 aliphatic carbocycles. The Morgan fingerprint density at radius 3 is 2.39 bits per heavy atom. The first-order chi connectivity index (χ1) is 13.5. The third-order valence-corrected chi connectivity index (χ3v) is 5.38. The topological polar surface area (TPSA) is 23.6 Å². The van der Waals surface area contributed by atoms with Gasteiger partial charge in [-0.25, -0.2) is 8.78 Å². The quantitative estimate of drug-likeness (QED) is 0.692. The standard InChI is InChI=1S/C23H28F2N2O/c1-3-4-23(28)27(20-9-5-17(2)6-10-20)21-11-13-26(14-12-21)16-18-7-8-19(24)15-22(18)25/h5-10,15,21H,3-4,11-14,16H2,1-2H3. The minimum atomic E-state index is -0.553. The lowest BCUT2D eigenvalue weighted by Crippen LogP contribution is -2.47. The van der Waals surface area contributed by atoms with Gasteiger partial charge in [0.2, 0.25) is 5.91 Å². The Labute approximate surface area is 166 Å². The van der Waals surface area contributed by atoms with Crippen molar-refractivity contribution in [2.24, 2.45) is 0 Å².